The first-order valence-electron chi connectivity index (χ1n) is 6.92. The van der Waals surface area contributed by atoms with E-state index >= 15 is 0 Å². The lowest BCUT2D eigenvalue weighted by Crippen LogP contribution is -2.23. The van der Waals surface area contributed by atoms with Gasteiger partial charge in [0.25, 0.3) is 0 Å². The number of allylic oxidation sites excluding steroid dienone is 2. The Morgan fingerprint density at radius 1 is 1.42 bits per heavy atom. The molecular weight excluding hydrogens is 236 g/mol. The molecule has 2 rings (SSSR count). The molecular formula is C16H22N2O. The molecule has 1 aromatic rings. The van der Waals surface area contributed by atoms with Gasteiger partial charge in [-0.25, -0.2) is 0 Å². The summed E-state index contributed by atoms with van der Waals surface area (Å²) in [5, 5.41) is 3.51. The van der Waals surface area contributed by atoms with Crippen LogP contribution in [0.1, 0.15) is 40.7 Å². The summed E-state index contributed by atoms with van der Waals surface area (Å²) in [4.78, 5) is 11.1. The molecule has 1 unspecified atom stereocenters. The molecule has 0 heterocycles. The Labute approximate surface area is 114 Å². The fraction of sp³-hybridized carbons (Fsp3) is 0.438. The summed E-state index contributed by atoms with van der Waals surface area (Å²) in [5.74, 6) is 0.395. The van der Waals surface area contributed by atoms with Gasteiger partial charge in [0.05, 0.1) is 0 Å². The Morgan fingerprint density at radius 3 is 2.89 bits per heavy atom. The molecule has 0 bridgehead atoms. The number of primary amides is 1. The van der Waals surface area contributed by atoms with Crippen LogP contribution in [0.2, 0.25) is 0 Å². The summed E-state index contributed by atoms with van der Waals surface area (Å²) in [6.45, 7) is 3.93. The number of rotatable bonds is 5. The van der Waals surface area contributed by atoms with Crippen molar-refractivity contribution in [2.45, 2.75) is 32.7 Å². The fourth-order valence-electron chi connectivity index (χ4n) is 2.50. The number of hydrogen-bond acceptors (Lipinski definition) is 2. The zero-order valence-electron chi connectivity index (χ0n) is 11.5. The molecule has 3 heteroatoms. The van der Waals surface area contributed by atoms with Gasteiger partial charge in [-0.05, 0) is 61.9 Å². The van der Waals surface area contributed by atoms with Gasteiger partial charge in [0.2, 0.25) is 5.91 Å². The van der Waals surface area contributed by atoms with Crippen LogP contribution in [0.15, 0.2) is 30.4 Å². The molecule has 0 saturated heterocycles. The van der Waals surface area contributed by atoms with Gasteiger partial charge in [-0.1, -0.05) is 18.2 Å². The molecule has 0 spiro atoms. The van der Waals surface area contributed by atoms with E-state index in [0.29, 0.717) is 5.56 Å². The van der Waals surface area contributed by atoms with E-state index in [0.717, 1.165) is 24.6 Å². The number of nitrogens with one attached hydrogen (secondary N) is 1. The van der Waals surface area contributed by atoms with E-state index in [9.17, 15) is 4.79 Å². The quantitative estimate of drug-likeness (QED) is 0.797. The molecule has 1 aromatic carbocycles. The van der Waals surface area contributed by atoms with Crippen LogP contribution in [0, 0.1) is 12.8 Å². The van der Waals surface area contributed by atoms with Gasteiger partial charge in [-0.2, -0.15) is 0 Å². The van der Waals surface area contributed by atoms with Gasteiger partial charge in [-0.15, -0.1) is 0 Å². The second-order valence-corrected chi connectivity index (χ2v) is 5.29. The number of carbonyl (C=O) groups excluding carboxylic acids is 1. The van der Waals surface area contributed by atoms with Crippen molar-refractivity contribution < 1.29 is 4.79 Å². The molecule has 102 valence electrons. The Balaban J connectivity index is 1.85. The van der Waals surface area contributed by atoms with Crippen molar-refractivity contribution in [1.29, 1.82) is 0 Å². The van der Waals surface area contributed by atoms with Crippen molar-refractivity contribution >= 4 is 5.91 Å². The van der Waals surface area contributed by atoms with Crippen LogP contribution in [0.3, 0.4) is 0 Å². The fourth-order valence-corrected chi connectivity index (χ4v) is 2.50. The average Bonchev–Trinajstić information content (AvgIpc) is 2.41. The Morgan fingerprint density at radius 2 is 2.26 bits per heavy atom. The first kappa shape index (κ1) is 13.8. The van der Waals surface area contributed by atoms with E-state index in [-0.39, 0.29) is 5.91 Å². The maximum absolute atomic E-state index is 11.1. The van der Waals surface area contributed by atoms with Crippen LogP contribution < -0.4 is 11.1 Å². The molecule has 1 amide bonds. The van der Waals surface area contributed by atoms with Crippen molar-refractivity contribution in [3.8, 4) is 0 Å². The van der Waals surface area contributed by atoms with Gasteiger partial charge in [-0.3, -0.25) is 4.79 Å². The summed E-state index contributed by atoms with van der Waals surface area (Å²) in [5.41, 5.74) is 8.20. The largest absolute Gasteiger partial charge is 0.366 e. The summed E-state index contributed by atoms with van der Waals surface area (Å²) in [7, 11) is 0. The zero-order valence-corrected chi connectivity index (χ0v) is 11.5. The lowest BCUT2D eigenvalue weighted by atomic mass is 9.94. The van der Waals surface area contributed by atoms with Crippen molar-refractivity contribution in [3.63, 3.8) is 0 Å². The van der Waals surface area contributed by atoms with E-state index in [4.69, 9.17) is 5.73 Å². The highest BCUT2D eigenvalue weighted by molar-refractivity contribution is 5.93. The predicted molar refractivity (Wildman–Crippen MR) is 77.9 cm³/mol. The molecule has 1 aliphatic rings. The van der Waals surface area contributed by atoms with Crippen LogP contribution in [0.5, 0.6) is 0 Å². The Kier molecular flexibility index (Phi) is 4.74. The molecule has 19 heavy (non-hydrogen) atoms. The molecule has 0 fully saturated rings. The van der Waals surface area contributed by atoms with Crippen molar-refractivity contribution in [3.05, 3.63) is 47.0 Å². The van der Waals surface area contributed by atoms with Crippen molar-refractivity contribution in [2.75, 3.05) is 6.54 Å². The van der Waals surface area contributed by atoms with Gasteiger partial charge >= 0.3 is 0 Å². The van der Waals surface area contributed by atoms with E-state index in [1.54, 1.807) is 6.07 Å². The maximum atomic E-state index is 11.1. The summed E-state index contributed by atoms with van der Waals surface area (Å²) in [6, 6.07) is 5.65. The van der Waals surface area contributed by atoms with Crippen molar-refractivity contribution in [1.82, 2.24) is 5.32 Å². The number of nitrogens with two attached hydrogens (primary N) is 1. The number of benzene rings is 1. The van der Waals surface area contributed by atoms with Crippen LogP contribution >= 0.6 is 0 Å². The predicted octanol–water partition coefficient (Wildman–Crippen LogP) is 2.54. The highest BCUT2D eigenvalue weighted by Crippen LogP contribution is 2.17. The topological polar surface area (TPSA) is 55.1 Å². The summed E-state index contributed by atoms with van der Waals surface area (Å²) < 4.78 is 0. The lowest BCUT2D eigenvalue weighted by molar-refractivity contribution is 0.1000. The van der Waals surface area contributed by atoms with E-state index in [2.05, 4.69) is 17.5 Å². The Bertz CT molecular complexity index is 480. The molecule has 0 radical (unpaired) electrons. The van der Waals surface area contributed by atoms with E-state index < -0.39 is 0 Å². The molecule has 0 saturated carbocycles. The standard InChI is InChI=1S/C16H22N2O/c1-12-9-14(16(17)19)7-8-15(12)11-18-10-13-5-3-2-4-6-13/h2-3,7-9,13,18H,4-6,10-11H2,1H3,(H2,17,19). The van der Waals surface area contributed by atoms with Gasteiger partial charge in [0.15, 0.2) is 0 Å². The third-order valence-corrected chi connectivity index (χ3v) is 3.75. The summed E-state index contributed by atoms with van der Waals surface area (Å²) >= 11 is 0. The van der Waals surface area contributed by atoms with E-state index in [1.165, 1.54) is 24.8 Å². The average molecular weight is 258 g/mol. The molecule has 1 atom stereocenters. The molecule has 3 N–H and O–H groups in total. The third-order valence-electron chi connectivity index (χ3n) is 3.75. The monoisotopic (exact) mass is 258 g/mol. The number of amides is 1. The number of hydrogen-bond donors (Lipinski definition) is 2. The molecule has 3 nitrogen and oxygen atoms in total. The van der Waals surface area contributed by atoms with Crippen LogP contribution in [0.4, 0.5) is 0 Å². The normalized spacial score (nSPS) is 18.5. The second kappa shape index (κ2) is 6.53. The highest BCUT2D eigenvalue weighted by atomic mass is 16.1. The minimum absolute atomic E-state index is 0.364. The number of aryl methyl sites for hydroxylation is 1. The van der Waals surface area contributed by atoms with Crippen molar-refractivity contribution in [2.24, 2.45) is 11.7 Å². The zero-order chi connectivity index (χ0) is 13.7. The summed E-state index contributed by atoms with van der Waals surface area (Å²) in [6.07, 6.45) is 8.22. The number of carbonyl (C=O) groups is 1. The smallest absolute Gasteiger partial charge is 0.248 e. The maximum Gasteiger partial charge on any atom is 0.248 e. The van der Waals surface area contributed by atoms with Gasteiger partial charge in [0.1, 0.15) is 0 Å². The van der Waals surface area contributed by atoms with Crippen LogP contribution in [0.25, 0.3) is 0 Å². The first-order valence-corrected chi connectivity index (χ1v) is 6.92. The third kappa shape index (κ3) is 3.93. The second-order valence-electron chi connectivity index (χ2n) is 5.29. The molecule has 0 aliphatic heterocycles. The molecule has 0 aromatic heterocycles. The lowest BCUT2D eigenvalue weighted by Gasteiger charge is -2.18. The van der Waals surface area contributed by atoms with Gasteiger partial charge < -0.3 is 11.1 Å². The van der Waals surface area contributed by atoms with Crippen LogP contribution in [-0.2, 0) is 6.54 Å². The Hall–Kier alpha value is -1.61. The minimum Gasteiger partial charge on any atom is -0.366 e. The first-order chi connectivity index (χ1) is 9.16. The van der Waals surface area contributed by atoms with Gasteiger partial charge in [0, 0.05) is 12.1 Å². The van der Waals surface area contributed by atoms with E-state index in [1.807, 2.05) is 19.1 Å². The highest BCUT2D eigenvalue weighted by Gasteiger charge is 2.09. The molecule has 1 aliphatic carbocycles. The SMILES string of the molecule is Cc1cc(C(N)=O)ccc1CNCC1CC=CCC1. The minimum atomic E-state index is -0.364. The van der Waals surface area contributed by atoms with Crippen LogP contribution in [-0.4, -0.2) is 12.5 Å².